The average molecular weight is 264 g/mol. The van der Waals surface area contributed by atoms with E-state index in [9.17, 15) is 5.11 Å². The number of hydrogen-bond acceptors (Lipinski definition) is 4. The summed E-state index contributed by atoms with van der Waals surface area (Å²) in [5.41, 5.74) is 1.19. The molecule has 1 saturated heterocycles. The van der Waals surface area contributed by atoms with Crippen LogP contribution in [0.5, 0.6) is 5.75 Å². The van der Waals surface area contributed by atoms with E-state index in [0.717, 1.165) is 25.3 Å². The third kappa shape index (κ3) is 3.61. The molecule has 19 heavy (non-hydrogen) atoms. The highest BCUT2D eigenvalue weighted by atomic mass is 16.5. The van der Waals surface area contributed by atoms with Crippen molar-refractivity contribution in [3.8, 4) is 5.75 Å². The molecule has 4 nitrogen and oxygen atoms in total. The Morgan fingerprint density at radius 3 is 2.74 bits per heavy atom. The molecule has 1 heterocycles. The number of rotatable bonds is 4. The van der Waals surface area contributed by atoms with Crippen molar-refractivity contribution in [3.05, 3.63) is 24.3 Å². The molecule has 1 aliphatic heterocycles. The van der Waals surface area contributed by atoms with Gasteiger partial charge in [0.25, 0.3) is 0 Å². The molecule has 0 bridgehead atoms. The van der Waals surface area contributed by atoms with Gasteiger partial charge in [0.15, 0.2) is 0 Å². The predicted octanol–water partition coefficient (Wildman–Crippen LogP) is 1.63. The SMILES string of the molecule is CCOc1ccc(N2CC(CO)NCCC2C)cc1. The molecule has 2 rings (SSSR count). The second kappa shape index (κ2) is 6.78. The second-order valence-corrected chi connectivity index (χ2v) is 5.05. The van der Waals surface area contributed by atoms with E-state index in [1.165, 1.54) is 5.69 Å². The molecule has 1 aliphatic rings. The van der Waals surface area contributed by atoms with E-state index in [0.29, 0.717) is 12.6 Å². The van der Waals surface area contributed by atoms with E-state index in [-0.39, 0.29) is 12.6 Å². The van der Waals surface area contributed by atoms with Crippen molar-refractivity contribution in [1.29, 1.82) is 0 Å². The van der Waals surface area contributed by atoms with Gasteiger partial charge in [0.2, 0.25) is 0 Å². The molecule has 0 aliphatic carbocycles. The Hall–Kier alpha value is -1.26. The Morgan fingerprint density at radius 1 is 1.37 bits per heavy atom. The van der Waals surface area contributed by atoms with Crippen LogP contribution in [0.3, 0.4) is 0 Å². The Balaban J connectivity index is 2.12. The standard InChI is InChI=1S/C15H24N2O2/c1-3-19-15-6-4-14(5-7-15)17-10-13(11-18)16-9-8-12(17)2/h4-7,12-13,16,18H,3,8-11H2,1-2H3. The topological polar surface area (TPSA) is 44.7 Å². The van der Waals surface area contributed by atoms with Gasteiger partial charge in [-0.25, -0.2) is 0 Å². The summed E-state index contributed by atoms with van der Waals surface area (Å²) in [4.78, 5) is 2.36. The number of aliphatic hydroxyl groups is 1. The molecule has 1 fully saturated rings. The number of ether oxygens (including phenoxy) is 1. The van der Waals surface area contributed by atoms with E-state index >= 15 is 0 Å². The van der Waals surface area contributed by atoms with Gasteiger partial charge in [-0.3, -0.25) is 0 Å². The molecule has 0 aromatic heterocycles. The largest absolute Gasteiger partial charge is 0.494 e. The number of benzene rings is 1. The summed E-state index contributed by atoms with van der Waals surface area (Å²) in [5.74, 6) is 0.908. The fraction of sp³-hybridized carbons (Fsp3) is 0.600. The monoisotopic (exact) mass is 264 g/mol. The van der Waals surface area contributed by atoms with Crippen LogP contribution in [-0.4, -0.2) is 43.5 Å². The lowest BCUT2D eigenvalue weighted by Gasteiger charge is -2.31. The predicted molar refractivity (Wildman–Crippen MR) is 77.9 cm³/mol. The van der Waals surface area contributed by atoms with Crippen LogP contribution < -0.4 is 15.0 Å². The van der Waals surface area contributed by atoms with Gasteiger partial charge in [-0.2, -0.15) is 0 Å². The lowest BCUT2D eigenvalue weighted by atomic mass is 10.1. The third-order valence-electron chi connectivity index (χ3n) is 3.64. The number of hydrogen-bond donors (Lipinski definition) is 2. The van der Waals surface area contributed by atoms with Crippen molar-refractivity contribution in [2.45, 2.75) is 32.4 Å². The maximum Gasteiger partial charge on any atom is 0.119 e. The van der Waals surface area contributed by atoms with Gasteiger partial charge in [-0.15, -0.1) is 0 Å². The third-order valence-corrected chi connectivity index (χ3v) is 3.64. The van der Waals surface area contributed by atoms with Crippen molar-refractivity contribution in [1.82, 2.24) is 5.32 Å². The van der Waals surface area contributed by atoms with Crippen molar-refractivity contribution in [2.24, 2.45) is 0 Å². The van der Waals surface area contributed by atoms with Crippen molar-refractivity contribution in [2.75, 3.05) is 31.2 Å². The van der Waals surface area contributed by atoms with Crippen LogP contribution in [0, 0.1) is 0 Å². The Bertz CT molecular complexity index is 380. The minimum atomic E-state index is 0.150. The van der Waals surface area contributed by atoms with E-state index in [2.05, 4.69) is 29.3 Å². The smallest absolute Gasteiger partial charge is 0.119 e. The van der Waals surface area contributed by atoms with E-state index < -0.39 is 0 Å². The fourth-order valence-corrected chi connectivity index (χ4v) is 2.52. The zero-order chi connectivity index (χ0) is 13.7. The van der Waals surface area contributed by atoms with Crippen molar-refractivity contribution in [3.63, 3.8) is 0 Å². The Labute approximate surface area is 115 Å². The van der Waals surface area contributed by atoms with Crippen LogP contribution >= 0.6 is 0 Å². The molecular formula is C15H24N2O2. The number of aliphatic hydroxyl groups excluding tert-OH is 1. The first-order valence-electron chi connectivity index (χ1n) is 7.08. The molecule has 106 valence electrons. The summed E-state index contributed by atoms with van der Waals surface area (Å²) in [6, 6.07) is 8.84. The molecule has 1 aromatic rings. The number of nitrogens with one attached hydrogen (secondary N) is 1. The van der Waals surface area contributed by atoms with Gasteiger partial charge >= 0.3 is 0 Å². The molecule has 0 radical (unpaired) electrons. The van der Waals surface area contributed by atoms with Crippen LogP contribution in [0.25, 0.3) is 0 Å². The van der Waals surface area contributed by atoms with Gasteiger partial charge in [0, 0.05) is 24.3 Å². The molecule has 4 heteroatoms. The molecule has 0 amide bonds. The van der Waals surface area contributed by atoms with Crippen LogP contribution in [0.2, 0.25) is 0 Å². The van der Waals surface area contributed by atoms with Gasteiger partial charge in [0.1, 0.15) is 5.75 Å². The van der Waals surface area contributed by atoms with Gasteiger partial charge < -0.3 is 20.1 Å². The Kier molecular flexibility index (Phi) is 5.05. The number of nitrogens with zero attached hydrogens (tertiary/aromatic N) is 1. The van der Waals surface area contributed by atoms with E-state index in [4.69, 9.17) is 4.74 Å². The lowest BCUT2D eigenvalue weighted by Crippen LogP contribution is -2.42. The zero-order valence-electron chi connectivity index (χ0n) is 11.8. The molecule has 0 spiro atoms. The van der Waals surface area contributed by atoms with Gasteiger partial charge in [-0.1, -0.05) is 0 Å². The molecule has 2 N–H and O–H groups in total. The maximum absolute atomic E-state index is 9.37. The molecule has 2 unspecified atom stereocenters. The normalized spacial score (nSPS) is 24.1. The molecule has 2 atom stereocenters. The minimum absolute atomic E-state index is 0.150. The summed E-state index contributed by atoms with van der Waals surface area (Å²) < 4.78 is 5.47. The summed E-state index contributed by atoms with van der Waals surface area (Å²) in [5, 5.41) is 12.7. The molecular weight excluding hydrogens is 240 g/mol. The van der Waals surface area contributed by atoms with E-state index in [1.807, 2.05) is 19.1 Å². The highest BCUT2D eigenvalue weighted by Crippen LogP contribution is 2.23. The summed E-state index contributed by atoms with van der Waals surface area (Å²) >= 11 is 0. The lowest BCUT2D eigenvalue weighted by molar-refractivity contribution is 0.248. The summed E-state index contributed by atoms with van der Waals surface area (Å²) in [7, 11) is 0. The first-order valence-corrected chi connectivity index (χ1v) is 7.08. The minimum Gasteiger partial charge on any atom is -0.494 e. The van der Waals surface area contributed by atoms with Crippen LogP contribution in [0.4, 0.5) is 5.69 Å². The van der Waals surface area contributed by atoms with E-state index in [1.54, 1.807) is 0 Å². The molecule has 1 aromatic carbocycles. The maximum atomic E-state index is 9.37. The first kappa shape index (κ1) is 14.2. The summed E-state index contributed by atoms with van der Waals surface area (Å²) in [6.45, 7) is 6.89. The van der Waals surface area contributed by atoms with Crippen LogP contribution in [0.15, 0.2) is 24.3 Å². The number of anilines is 1. The highest BCUT2D eigenvalue weighted by Gasteiger charge is 2.22. The highest BCUT2D eigenvalue weighted by molar-refractivity contribution is 5.50. The molecule has 0 saturated carbocycles. The zero-order valence-corrected chi connectivity index (χ0v) is 11.8. The first-order chi connectivity index (χ1) is 9.24. The quantitative estimate of drug-likeness (QED) is 0.867. The van der Waals surface area contributed by atoms with Gasteiger partial charge in [0.05, 0.1) is 13.2 Å². The average Bonchev–Trinajstić information content (AvgIpc) is 2.62. The van der Waals surface area contributed by atoms with Gasteiger partial charge in [-0.05, 0) is 51.1 Å². The fourth-order valence-electron chi connectivity index (χ4n) is 2.52. The van der Waals surface area contributed by atoms with Crippen LogP contribution in [0.1, 0.15) is 20.3 Å². The Morgan fingerprint density at radius 2 is 2.11 bits per heavy atom. The van der Waals surface area contributed by atoms with Crippen molar-refractivity contribution >= 4 is 5.69 Å². The summed E-state index contributed by atoms with van der Waals surface area (Å²) in [6.07, 6.45) is 1.09. The van der Waals surface area contributed by atoms with Crippen molar-refractivity contribution < 1.29 is 9.84 Å². The second-order valence-electron chi connectivity index (χ2n) is 5.05. The van der Waals surface area contributed by atoms with Crippen LogP contribution in [-0.2, 0) is 0 Å².